The van der Waals surface area contributed by atoms with Gasteiger partial charge in [-0.05, 0) is 101 Å². The van der Waals surface area contributed by atoms with Gasteiger partial charge < -0.3 is 0 Å². The molecule has 0 N–H and O–H groups in total. The second-order valence-electron chi connectivity index (χ2n) is 15.7. The Morgan fingerprint density at radius 1 is 0.226 bits per heavy atom. The standard InChI is InChI=1S/C58H36N4/c1-3-17-43-41(15-1)39(37-13-11-33-59-35-37)25-27-49(43)51-29-31-53(47-21-7-5-19-45(47)51)57-58(62-56-24-10-9-23-55(56)61-57)54-32-30-52(46-20-6-8-22-48(46)54)50-28-26-40(38-14-12-34-60-36-38)42-16-2-4-18-44(42)50/h1-36H. The van der Waals surface area contributed by atoms with Crippen molar-refractivity contribution in [3.63, 3.8) is 0 Å². The van der Waals surface area contributed by atoms with E-state index in [1.807, 2.05) is 49.1 Å². The Balaban J connectivity index is 1.06. The SMILES string of the molecule is c1cncc(-c2ccc(-c3ccc(-c4nc5ccccc5nc4-c4ccc(-c5ccc(-c6cccnc6)c6ccccc56)c5ccccc45)c4ccccc34)c3ccccc23)c1. The van der Waals surface area contributed by atoms with Crippen LogP contribution in [0.4, 0.5) is 0 Å². The van der Waals surface area contributed by atoms with E-state index in [9.17, 15) is 0 Å². The Hall–Kier alpha value is -8.34. The third-order valence-corrected chi connectivity index (χ3v) is 12.3. The van der Waals surface area contributed by atoms with Gasteiger partial charge in [0.15, 0.2) is 0 Å². The number of benzene rings is 9. The van der Waals surface area contributed by atoms with Crippen LogP contribution < -0.4 is 0 Å². The lowest BCUT2D eigenvalue weighted by atomic mass is 9.87. The largest absolute Gasteiger partial charge is 0.264 e. The first kappa shape index (κ1) is 35.6. The van der Waals surface area contributed by atoms with E-state index in [1.165, 1.54) is 54.9 Å². The van der Waals surface area contributed by atoms with Crippen LogP contribution in [0.25, 0.3) is 121 Å². The van der Waals surface area contributed by atoms with Crippen molar-refractivity contribution in [3.8, 4) is 67.0 Å². The number of pyridine rings is 2. The first-order chi connectivity index (χ1) is 30.8. The van der Waals surface area contributed by atoms with Crippen LogP contribution in [0.15, 0.2) is 219 Å². The average Bonchev–Trinajstić information content (AvgIpc) is 3.35. The fourth-order valence-electron chi connectivity index (χ4n) is 9.47. The van der Waals surface area contributed by atoms with Gasteiger partial charge in [-0.15, -0.1) is 0 Å². The highest BCUT2D eigenvalue weighted by Crippen LogP contribution is 2.45. The molecule has 288 valence electrons. The third-order valence-electron chi connectivity index (χ3n) is 12.3. The molecule has 0 aliphatic heterocycles. The van der Waals surface area contributed by atoms with Gasteiger partial charge in [-0.2, -0.15) is 0 Å². The molecule has 0 fully saturated rings. The number of hydrogen-bond acceptors (Lipinski definition) is 4. The van der Waals surface area contributed by atoms with Crippen LogP contribution in [0.2, 0.25) is 0 Å². The summed E-state index contributed by atoms with van der Waals surface area (Å²) >= 11 is 0. The number of para-hydroxylation sites is 2. The second-order valence-corrected chi connectivity index (χ2v) is 15.7. The van der Waals surface area contributed by atoms with Crippen LogP contribution in [0.3, 0.4) is 0 Å². The van der Waals surface area contributed by atoms with Crippen molar-refractivity contribution in [3.05, 3.63) is 219 Å². The van der Waals surface area contributed by atoms with Gasteiger partial charge in [0, 0.05) is 47.0 Å². The molecule has 0 aliphatic rings. The van der Waals surface area contributed by atoms with E-state index in [1.54, 1.807) is 0 Å². The summed E-state index contributed by atoms with van der Waals surface area (Å²) < 4.78 is 0. The zero-order valence-electron chi connectivity index (χ0n) is 33.6. The van der Waals surface area contributed by atoms with Gasteiger partial charge in [0.1, 0.15) is 0 Å². The van der Waals surface area contributed by atoms with Crippen LogP contribution in [-0.2, 0) is 0 Å². The maximum atomic E-state index is 5.46. The molecule has 0 radical (unpaired) electrons. The van der Waals surface area contributed by atoms with E-state index in [-0.39, 0.29) is 0 Å². The topological polar surface area (TPSA) is 51.6 Å². The summed E-state index contributed by atoms with van der Waals surface area (Å²) in [7, 11) is 0. The molecule has 0 amide bonds. The van der Waals surface area contributed by atoms with Gasteiger partial charge in [-0.25, -0.2) is 9.97 Å². The highest BCUT2D eigenvalue weighted by atomic mass is 14.8. The minimum atomic E-state index is 0.854. The fourth-order valence-corrected chi connectivity index (χ4v) is 9.47. The normalized spacial score (nSPS) is 11.5. The molecule has 0 saturated heterocycles. The predicted molar refractivity (Wildman–Crippen MR) is 258 cm³/mol. The second kappa shape index (κ2) is 14.7. The summed E-state index contributed by atoms with van der Waals surface area (Å²) in [5.41, 5.74) is 14.8. The number of fused-ring (bicyclic) bond motifs is 5. The summed E-state index contributed by atoms with van der Waals surface area (Å²) in [5.74, 6) is 0. The minimum Gasteiger partial charge on any atom is -0.264 e. The quantitative estimate of drug-likeness (QED) is 0.168. The Morgan fingerprint density at radius 3 is 0.823 bits per heavy atom. The summed E-state index contributed by atoms with van der Waals surface area (Å²) in [4.78, 5) is 19.8. The first-order valence-electron chi connectivity index (χ1n) is 20.9. The van der Waals surface area contributed by atoms with Crippen LogP contribution in [0.1, 0.15) is 0 Å². The van der Waals surface area contributed by atoms with E-state index < -0.39 is 0 Å². The molecular formula is C58H36N4. The first-order valence-corrected chi connectivity index (χ1v) is 20.9. The molecule has 3 aromatic heterocycles. The molecule has 0 atom stereocenters. The Kier molecular flexibility index (Phi) is 8.46. The van der Waals surface area contributed by atoms with Gasteiger partial charge >= 0.3 is 0 Å². The maximum absolute atomic E-state index is 5.46. The molecule has 9 aromatic carbocycles. The molecule has 0 saturated carbocycles. The minimum absolute atomic E-state index is 0.854. The number of aromatic nitrogens is 4. The maximum Gasteiger partial charge on any atom is 0.0979 e. The van der Waals surface area contributed by atoms with Crippen molar-refractivity contribution in [1.82, 2.24) is 19.9 Å². The zero-order chi connectivity index (χ0) is 41.0. The van der Waals surface area contributed by atoms with Crippen LogP contribution in [0, 0.1) is 0 Å². The van der Waals surface area contributed by atoms with Gasteiger partial charge in [-0.3, -0.25) is 9.97 Å². The molecular weight excluding hydrogens is 753 g/mol. The summed E-state index contributed by atoms with van der Waals surface area (Å²) in [6, 6.07) is 69.3. The van der Waals surface area contributed by atoms with Gasteiger partial charge in [-0.1, -0.05) is 170 Å². The number of hydrogen-bond donors (Lipinski definition) is 0. The Labute approximate surface area is 358 Å². The van der Waals surface area contributed by atoms with E-state index in [2.05, 4.69) is 180 Å². The van der Waals surface area contributed by atoms with Gasteiger partial charge in [0.25, 0.3) is 0 Å². The molecule has 12 rings (SSSR count). The molecule has 62 heavy (non-hydrogen) atoms. The number of nitrogens with zero attached hydrogens (tertiary/aromatic N) is 4. The monoisotopic (exact) mass is 788 g/mol. The molecule has 12 aromatic rings. The smallest absolute Gasteiger partial charge is 0.0979 e. The van der Waals surface area contributed by atoms with Crippen molar-refractivity contribution in [2.45, 2.75) is 0 Å². The van der Waals surface area contributed by atoms with Gasteiger partial charge in [0.05, 0.1) is 22.4 Å². The lowest BCUT2D eigenvalue weighted by Crippen LogP contribution is -1.98. The summed E-state index contributed by atoms with van der Waals surface area (Å²) in [5, 5.41) is 9.35. The highest BCUT2D eigenvalue weighted by molar-refractivity contribution is 6.15. The van der Waals surface area contributed by atoms with Crippen molar-refractivity contribution in [1.29, 1.82) is 0 Å². The van der Waals surface area contributed by atoms with Crippen molar-refractivity contribution < 1.29 is 0 Å². The van der Waals surface area contributed by atoms with Crippen molar-refractivity contribution in [2.24, 2.45) is 0 Å². The lowest BCUT2D eigenvalue weighted by molar-refractivity contribution is 1.30. The average molecular weight is 789 g/mol. The van der Waals surface area contributed by atoms with Crippen LogP contribution >= 0.6 is 0 Å². The number of rotatable bonds is 6. The molecule has 0 bridgehead atoms. The molecule has 4 heteroatoms. The van der Waals surface area contributed by atoms with Gasteiger partial charge in [0.2, 0.25) is 0 Å². The molecule has 0 spiro atoms. The molecule has 4 nitrogen and oxygen atoms in total. The molecule has 0 aliphatic carbocycles. The fraction of sp³-hybridized carbons (Fsp3) is 0. The third kappa shape index (κ3) is 5.84. The van der Waals surface area contributed by atoms with E-state index >= 15 is 0 Å². The predicted octanol–water partition coefficient (Wildman–Crippen LogP) is 15.0. The lowest BCUT2D eigenvalue weighted by Gasteiger charge is -2.18. The van der Waals surface area contributed by atoms with E-state index in [0.29, 0.717) is 0 Å². The Morgan fingerprint density at radius 2 is 0.500 bits per heavy atom. The van der Waals surface area contributed by atoms with Crippen LogP contribution in [-0.4, -0.2) is 19.9 Å². The highest BCUT2D eigenvalue weighted by Gasteiger charge is 2.21. The molecule has 0 unspecified atom stereocenters. The Bertz CT molecular complexity index is 3450. The van der Waals surface area contributed by atoms with Crippen molar-refractivity contribution >= 4 is 54.1 Å². The summed E-state index contributed by atoms with van der Waals surface area (Å²) in [6.07, 6.45) is 7.52. The molecule has 3 heterocycles. The van der Waals surface area contributed by atoms with E-state index in [0.717, 1.165) is 66.2 Å². The summed E-state index contributed by atoms with van der Waals surface area (Å²) in [6.45, 7) is 0. The van der Waals surface area contributed by atoms with Crippen LogP contribution in [0.5, 0.6) is 0 Å². The zero-order valence-corrected chi connectivity index (χ0v) is 33.6. The van der Waals surface area contributed by atoms with E-state index in [4.69, 9.17) is 9.97 Å². The van der Waals surface area contributed by atoms with Crippen molar-refractivity contribution in [2.75, 3.05) is 0 Å².